The fourth-order valence-electron chi connectivity index (χ4n) is 2.14. The van der Waals surface area contributed by atoms with Gasteiger partial charge in [-0.25, -0.2) is 0 Å². The Bertz CT molecular complexity index is 430. The molecular formula is C14H17NO2. The van der Waals surface area contributed by atoms with E-state index in [1.807, 2.05) is 31.2 Å². The zero-order valence-corrected chi connectivity index (χ0v) is 10.0. The molecule has 1 aromatic rings. The maximum atomic E-state index is 12.0. The third kappa shape index (κ3) is 3.16. The molecule has 2 rings (SSSR count). The van der Waals surface area contributed by atoms with E-state index in [1.54, 1.807) is 0 Å². The molecule has 1 aliphatic rings. The number of hydrogen-bond donors (Lipinski definition) is 1. The first kappa shape index (κ1) is 11.8. The van der Waals surface area contributed by atoms with Gasteiger partial charge in [0.05, 0.1) is 0 Å². The number of amides is 1. The van der Waals surface area contributed by atoms with E-state index in [2.05, 4.69) is 5.32 Å². The van der Waals surface area contributed by atoms with Gasteiger partial charge in [0.25, 0.3) is 5.91 Å². The summed E-state index contributed by atoms with van der Waals surface area (Å²) in [6.45, 7) is 1.97. The van der Waals surface area contributed by atoms with Crippen LogP contribution in [0.2, 0.25) is 0 Å². The van der Waals surface area contributed by atoms with Crippen LogP contribution in [0.15, 0.2) is 24.3 Å². The minimum atomic E-state index is -0.0342. The molecule has 1 fully saturated rings. The van der Waals surface area contributed by atoms with Crippen molar-refractivity contribution in [2.45, 2.75) is 38.6 Å². The maximum Gasteiger partial charge on any atom is 0.251 e. The van der Waals surface area contributed by atoms with Crippen molar-refractivity contribution >= 4 is 11.7 Å². The molecule has 3 nitrogen and oxygen atoms in total. The predicted octanol–water partition coefficient (Wildman–Crippen LogP) is 2.24. The van der Waals surface area contributed by atoms with Gasteiger partial charge in [0.1, 0.15) is 5.78 Å². The molecule has 1 aliphatic carbocycles. The molecule has 0 radical (unpaired) electrons. The van der Waals surface area contributed by atoms with E-state index in [0.29, 0.717) is 24.2 Å². The van der Waals surface area contributed by atoms with Gasteiger partial charge < -0.3 is 5.32 Å². The quantitative estimate of drug-likeness (QED) is 0.848. The van der Waals surface area contributed by atoms with Crippen molar-refractivity contribution in [3.8, 4) is 0 Å². The van der Waals surface area contributed by atoms with Crippen LogP contribution in [0, 0.1) is 6.92 Å². The average Bonchev–Trinajstić information content (AvgIpc) is 2.32. The Kier molecular flexibility index (Phi) is 3.57. The summed E-state index contributed by atoms with van der Waals surface area (Å²) in [7, 11) is 0. The van der Waals surface area contributed by atoms with Gasteiger partial charge >= 0.3 is 0 Å². The number of hydrogen-bond acceptors (Lipinski definition) is 2. The van der Waals surface area contributed by atoms with Gasteiger partial charge in [0.15, 0.2) is 0 Å². The molecule has 0 saturated heterocycles. The van der Waals surface area contributed by atoms with Gasteiger partial charge in [-0.3, -0.25) is 9.59 Å². The summed E-state index contributed by atoms with van der Waals surface area (Å²) < 4.78 is 0. The second-order valence-electron chi connectivity index (χ2n) is 4.66. The first-order chi connectivity index (χ1) is 8.15. The van der Waals surface area contributed by atoms with Gasteiger partial charge in [-0.15, -0.1) is 0 Å². The van der Waals surface area contributed by atoms with E-state index in [-0.39, 0.29) is 11.9 Å². The highest BCUT2D eigenvalue weighted by Gasteiger charge is 2.20. The van der Waals surface area contributed by atoms with E-state index in [9.17, 15) is 9.59 Å². The van der Waals surface area contributed by atoms with Crippen molar-refractivity contribution in [3.05, 3.63) is 35.4 Å². The molecule has 17 heavy (non-hydrogen) atoms. The molecule has 0 spiro atoms. The lowest BCUT2D eigenvalue weighted by molar-refractivity contribution is -0.120. The summed E-state index contributed by atoms with van der Waals surface area (Å²) in [5.74, 6) is 0.277. The molecule has 1 amide bonds. The molecule has 0 aliphatic heterocycles. The normalized spacial score (nSPS) is 16.9. The molecule has 1 saturated carbocycles. The van der Waals surface area contributed by atoms with E-state index < -0.39 is 0 Å². The molecule has 0 unspecified atom stereocenters. The SMILES string of the molecule is Cc1cccc(C(=O)NC2CCC(=O)CC2)c1. The number of benzene rings is 1. The fraction of sp³-hybridized carbons (Fsp3) is 0.429. The summed E-state index contributed by atoms with van der Waals surface area (Å²) in [5, 5.41) is 2.99. The van der Waals surface area contributed by atoms with E-state index >= 15 is 0 Å². The lowest BCUT2D eigenvalue weighted by Gasteiger charge is -2.22. The molecule has 1 aromatic carbocycles. The molecule has 0 aromatic heterocycles. The predicted molar refractivity (Wildman–Crippen MR) is 65.9 cm³/mol. The summed E-state index contributed by atoms with van der Waals surface area (Å²) in [4.78, 5) is 23.0. The molecule has 3 heteroatoms. The minimum absolute atomic E-state index is 0.0342. The van der Waals surface area contributed by atoms with Crippen LogP contribution in [-0.4, -0.2) is 17.7 Å². The van der Waals surface area contributed by atoms with Crippen LogP contribution in [0.25, 0.3) is 0 Å². The first-order valence-electron chi connectivity index (χ1n) is 6.04. The summed E-state index contributed by atoms with van der Waals surface area (Å²) in [5.41, 5.74) is 1.78. The monoisotopic (exact) mass is 231 g/mol. The Morgan fingerprint density at radius 1 is 1.29 bits per heavy atom. The van der Waals surface area contributed by atoms with Crippen LogP contribution >= 0.6 is 0 Å². The first-order valence-corrected chi connectivity index (χ1v) is 6.04. The van der Waals surface area contributed by atoms with Crippen LogP contribution in [0.3, 0.4) is 0 Å². The highest BCUT2D eigenvalue weighted by molar-refractivity contribution is 5.94. The van der Waals surface area contributed by atoms with Gasteiger partial charge in [-0.05, 0) is 31.9 Å². The van der Waals surface area contributed by atoms with Gasteiger partial charge in [-0.2, -0.15) is 0 Å². The molecule has 0 heterocycles. The van der Waals surface area contributed by atoms with Crippen LogP contribution in [0.5, 0.6) is 0 Å². The topological polar surface area (TPSA) is 46.2 Å². The lowest BCUT2D eigenvalue weighted by Crippen LogP contribution is -2.37. The summed E-state index contributed by atoms with van der Waals surface area (Å²) >= 11 is 0. The number of ketones is 1. The Hall–Kier alpha value is -1.64. The number of rotatable bonds is 2. The lowest BCUT2D eigenvalue weighted by atomic mass is 9.94. The van der Waals surface area contributed by atoms with Crippen molar-refractivity contribution in [1.29, 1.82) is 0 Å². The minimum Gasteiger partial charge on any atom is -0.349 e. The average molecular weight is 231 g/mol. The van der Waals surface area contributed by atoms with Gasteiger partial charge in [0.2, 0.25) is 0 Å². The van der Waals surface area contributed by atoms with E-state index in [0.717, 1.165) is 18.4 Å². The summed E-state index contributed by atoms with van der Waals surface area (Å²) in [6.07, 6.45) is 2.74. The van der Waals surface area contributed by atoms with Crippen molar-refractivity contribution in [2.24, 2.45) is 0 Å². The Labute approximate surface area is 101 Å². The number of carbonyl (C=O) groups is 2. The van der Waals surface area contributed by atoms with Crippen molar-refractivity contribution in [2.75, 3.05) is 0 Å². The van der Waals surface area contributed by atoms with E-state index in [4.69, 9.17) is 0 Å². The second kappa shape index (κ2) is 5.13. The Morgan fingerprint density at radius 3 is 2.65 bits per heavy atom. The summed E-state index contributed by atoms with van der Waals surface area (Å²) in [6, 6.07) is 7.70. The smallest absolute Gasteiger partial charge is 0.251 e. The highest BCUT2D eigenvalue weighted by atomic mass is 16.1. The third-order valence-electron chi connectivity index (χ3n) is 3.16. The van der Waals surface area contributed by atoms with Crippen LogP contribution in [0.4, 0.5) is 0 Å². The number of Topliss-reactive ketones (excluding diaryl/α,β-unsaturated/α-hetero) is 1. The van der Waals surface area contributed by atoms with E-state index in [1.165, 1.54) is 0 Å². The zero-order valence-electron chi connectivity index (χ0n) is 10.0. The van der Waals surface area contributed by atoms with Crippen LogP contribution < -0.4 is 5.32 Å². The Balaban J connectivity index is 1.95. The maximum absolute atomic E-state index is 12.0. The second-order valence-corrected chi connectivity index (χ2v) is 4.66. The van der Waals surface area contributed by atoms with Crippen molar-refractivity contribution in [3.63, 3.8) is 0 Å². The van der Waals surface area contributed by atoms with Crippen LogP contribution in [0.1, 0.15) is 41.6 Å². The number of aryl methyl sites for hydroxylation is 1. The highest BCUT2D eigenvalue weighted by Crippen LogP contribution is 2.15. The number of carbonyl (C=O) groups excluding carboxylic acids is 2. The largest absolute Gasteiger partial charge is 0.349 e. The van der Waals surface area contributed by atoms with Crippen LogP contribution in [-0.2, 0) is 4.79 Å². The van der Waals surface area contributed by atoms with Crippen molar-refractivity contribution < 1.29 is 9.59 Å². The number of nitrogens with one attached hydrogen (secondary N) is 1. The van der Waals surface area contributed by atoms with Gasteiger partial charge in [-0.1, -0.05) is 17.7 Å². The zero-order chi connectivity index (χ0) is 12.3. The molecule has 90 valence electrons. The van der Waals surface area contributed by atoms with Gasteiger partial charge in [0, 0.05) is 24.4 Å². The molecule has 0 atom stereocenters. The molecule has 0 bridgehead atoms. The molecular weight excluding hydrogens is 214 g/mol. The molecule has 1 N–H and O–H groups in total. The standard InChI is InChI=1S/C14H17NO2/c1-10-3-2-4-11(9-10)14(17)15-12-5-7-13(16)8-6-12/h2-4,9,12H,5-8H2,1H3,(H,15,17). The third-order valence-corrected chi connectivity index (χ3v) is 3.16. The Morgan fingerprint density at radius 2 is 2.00 bits per heavy atom. The van der Waals surface area contributed by atoms with Crippen molar-refractivity contribution in [1.82, 2.24) is 5.32 Å². The fourth-order valence-corrected chi connectivity index (χ4v) is 2.14.